The molecule has 0 radical (unpaired) electrons. The van der Waals surface area contributed by atoms with Crippen LogP contribution < -0.4 is 20.2 Å². The lowest BCUT2D eigenvalue weighted by Gasteiger charge is -2.15. The molecule has 0 unspecified atom stereocenters. The monoisotopic (exact) mass is 487 g/mol. The van der Waals surface area contributed by atoms with Gasteiger partial charge in [-0.3, -0.25) is 9.59 Å². The van der Waals surface area contributed by atoms with Crippen LogP contribution in [0.1, 0.15) is 22.8 Å². The number of ether oxygens (including phenoxy) is 2. The Hall–Kier alpha value is -3.37. The summed E-state index contributed by atoms with van der Waals surface area (Å²) < 4.78 is 38.5. The Bertz CT molecular complexity index is 1380. The topological polar surface area (TPSA) is 107 Å². The van der Waals surface area contributed by atoms with Gasteiger partial charge in [0.15, 0.2) is 11.5 Å². The first kappa shape index (κ1) is 25.3. The van der Waals surface area contributed by atoms with Crippen LogP contribution in [0.5, 0.6) is 11.5 Å². The van der Waals surface area contributed by atoms with E-state index in [2.05, 4.69) is 5.32 Å². The molecule has 34 heavy (non-hydrogen) atoms. The molecule has 1 heterocycles. The van der Waals surface area contributed by atoms with Crippen LogP contribution in [-0.2, 0) is 23.0 Å². The summed E-state index contributed by atoms with van der Waals surface area (Å²) in [5, 5.41) is 2.96. The highest BCUT2D eigenvalue weighted by Gasteiger charge is 2.21. The predicted octanol–water partition coefficient (Wildman–Crippen LogP) is 2.26. The number of pyridine rings is 1. The fourth-order valence-electron chi connectivity index (χ4n) is 3.62. The van der Waals surface area contributed by atoms with Gasteiger partial charge >= 0.3 is 0 Å². The van der Waals surface area contributed by atoms with Gasteiger partial charge in [-0.15, -0.1) is 0 Å². The number of hydrogen-bond acceptors (Lipinski definition) is 6. The lowest BCUT2D eigenvalue weighted by atomic mass is 10.1. The number of fused-ring (bicyclic) bond motifs is 1. The van der Waals surface area contributed by atoms with Crippen molar-refractivity contribution in [1.82, 2.24) is 14.2 Å². The second-order valence-corrected chi connectivity index (χ2v) is 9.97. The van der Waals surface area contributed by atoms with Crippen LogP contribution >= 0.6 is 0 Å². The van der Waals surface area contributed by atoms with Gasteiger partial charge in [0.05, 0.1) is 24.6 Å². The van der Waals surface area contributed by atoms with Crippen LogP contribution in [0.25, 0.3) is 10.9 Å². The fourth-order valence-corrected chi connectivity index (χ4v) is 4.55. The maximum atomic E-state index is 13.2. The van der Waals surface area contributed by atoms with Gasteiger partial charge in [0, 0.05) is 38.8 Å². The standard InChI is InChI=1S/C24H29N3O6S/c1-6-27-15-19(23(28)18-14-17(8-9-20(18)27)34(30,31)26(2)3)24(29)25-12-11-16-7-10-21(32-4)22(13-16)33-5/h7-10,13-15H,6,11-12H2,1-5H3,(H,25,29). The number of benzene rings is 2. The van der Waals surface area contributed by atoms with Crippen LogP contribution in [0.3, 0.4) is 0 Å². The average Bonchev–Trinajstić information content (AvgIpc) is 2.83. The van der Waals surface area contributed by atoms with Gasteiger partial charge in [0.2, 0.25) is 15.5 Å². The molecular formula is C24H29N3O6S. The van der Waals surface area contributed by atoms with Crippen molar-refractivity contribution in [3.05, 3.63) is 63.9 Å². The van der Waals surface area contributed by atoms with Crippen LogP contribution in [0.4, 0.5) is 0 Å². The number of rotatable bonds is 9. The summed E-state index contributed by atoms with van der Waals surface area (Å²) >= 11 is 0. The first-order valence-electron chi connectivity index (χ1n) is 10.7. The number of amides is 1. The van der Waals surface area contributed by atoms with Crippen LogP contribution in [0, 0.1) is 0 Å². The summed E-state index contributed by atoms with van der Waals surface area (Å²) in [5.41, 5.74) is 0.938. The zero-order valence-electron chi connectivity index (χ0n) is 19.9. The molecule has 3 rings (SSSR count). The SMILES string of the molecule is CCn1cc(C(=O)NCCc2ccc(OC)c(OC)c2)c(=O)c2cc(S(=O)(=O)N(C)C)ccc21. The summed E-state index contributed by atoms with van der Waals surface area (Å²) in [5.74, 6) is 0.688. The minimum Gasteiger partial charge on any atom is -0.493 e. The van der Waals surface area contributed by atoms with Crippen molar-refractivity contribution >= 4 is 26.8 Å². The van der Waals surface area contributed by atoms with Crippen LogP contribution in [-0.4, -0.2) is 58.1 Å². The number of hydrogen-bond donors (Lipinski definition) is 1. The Balaban J connectivity index is 1.89. The van der Waals surface area contributed by atoms with E-state index in [1.54, 1.807) is 30.9 Å². The summed E-state index contributed by atoms with van der Waals surface area (Å²) in [6.07, 6.45) is 2.03. The molecule has 0 spiro atoms. The lowest BCUT2D eigenvalue weighted by Crippen LogP contribution is -2.31. The molecule has 0 saturated heterocycles. The smallest absolute Gasteiger partial charge is 0.256 e. The van der Waals surface area contributed by atoms with E-state index in [9.17, 15) is 18.0 Å². The third-order valence-electron chi connectivity index (χ3n) is 5.56. The van der Waals surface area contributed by atoms with Crippen molar-refractivity contribution in [1.29, 1.82) is 0 Å². The molecule has 2 aromatic carbocycles. The number of sulfonamides is 1. The highest BCUT2D eigenvalue weighted by Crippen LogP contribution is 2.27. The Morgan fingerprint density at radius 2 is 1.76 bits per heavy atom. The molecule has 1 N–H and O–H groups in total. The van der Waals surface area contributed by atoms with E-state index in [4.69, 9.17) is 9.47 Å². The molecule has 10 heteroatoms. The summed E-state index contributed by atoms with van der Waals surface area (Å²) in [7, 11) is 2.23. The molecule has 0 bridgehead atoms. The molecule has 3 aromatic rings. The highest BCUT2D eigenvalue weighted by molar-refractivity contribution is 7.89. The number of aryl methyl sites for hydroxylation is 1. The van der Waals surface area contributed by atoms with Crippen molar-refractivity contribution in [2.75, 3.05) is 34.9 Å². The van der Waals surface area contributed by atoms with Crippen molar-refractivity contribution in [3.8, 4) is 11.5 Å². The largest absolute Gasteiger partial charge is 0.493 e. The van der Waals surface area contributed by atoms with E-state index in [0.29, 0.717) is 36.5 Å². The summed E-state index contributed by atoms with van der Waals surface area (Å²) in [4.78, 5) is 26.0. The van der Waals surface area contributed by atoms with Gasteiger partial charge in [-0.1, -0.05) is 6.07 Å². The average molecular weight is 488 g/mol. The van der Waals surface area contributed by atoms with E-state index in [1.807, 2.05) is 19.1 Å². The van der Waals surface area contributed by atoms with Gasteiger partial charge in [-0.25, -0.2) is 12.7 Å². The third kappa shape index (κ3) is 4.92. The Kier molecular flexibility index (Phi) is 7.63. The fraction of sp³-hybridized carbons (Fsp3) is 0.333. The normalized spacial score (nSPS) is 11.6. The Labute approximate surface area is 199 Å². The van der Waals surface area contributed by atoms with Crippen molar-refractivity contribution in [3.63, 3.8) is 0 Å². The Morgan fingerprint density at radius 3 is 2.38 bits per heavy atom. The maximum absolute atomic E-state index is 13.2. The van der Waals surface area contributed by atoms with Crippen molar-refractivity contribution < 1.29 is 22.7 Å². The molecule has 9 nitrogen and oxygen atoms in total. The molecule has 1 aromatic heterocycles. The zero-order chi connectivity index (χ0) is 25.0. The lowest BCUT2D eigenvalue weighted by molar-refractivity contribution is 0.0952. The molecule has 0 aliphatic heterocycles. The molecule has 0 saturated carbocycles. The van der Waals surface area contributed by atoms with Crippen LogP contribution in [0.2, 0.25) is 0 Å². The van der Waals surface area contributed by atoms with E-state index in [-0.39, 0.29) is 15.8 Å². The van der Waals surface area contributed by atoms with Gasteiger partial charge in [-0.2, -0.15) is 0 Å². The first-order chi connectivity index (χ1) is 16.1. The maximum Gasteiger partial charge on any atom is 0.256 e. The minimum absolute atomic E-state index is 0.00392. The number of carbonyl (C=O) groups excluding carboxylic acids is 1. The van der Waals surface area contributed by atoms with Gasteiger partial charge < -0.3 is 19.4 Å². The van der Waals surface area contributed by atoms with E-state index in [1.165, 1.54) is 32.4 Å². The van der Waals surface area contributed by atoms with Crippen molar-refractivity contribution in [2.24, 2.45) is 0 Å². The summed E-state index contributed by atoms with van der Waals surface area (Å²) in [6.45, 7) is 2.68. The van der Waals surface area contributed by atoms with Gasteiger partial charge in [0.25, 0.3) is 5.91 Å². The number of aromatic nitrogens is 1. The molecule has 0 atom stereocenters. The third-order valence-corrected chi connectivity index (χ3v) is 7.37. The molecule has 1 amide bonds. The van der Waals surface area contributed by atoms with Gasteiger partial charge in [-0.05, 0) is 49.2 Å². The van der Waals surface area contributed by atoms with Gasteiger partial charge in [0.1, 0.15) is 5.56 Å². The molecule has 0 fully saturated rings. The molecule has 182 valence electrons. The van der Waals surface area contributed by atoms with E-state index >= 15 is 0 Å². The quantitative estimate of drug-likeness (QED) is 0.496. The zero-order valence-corrected chi connectivity index (χ0v) is 20.7. The first-order valence-corrected chi connectivity index (χ1v) is 12.2. The molecule has 0 aliphatic carbocycles. The summed E-state index contributed by atoms with van der Waals surface area (Å²) in [6, 6.07) is 9.89. The van der Waals surface area contributed by atoms with E-state index < -0.39 is 21.4 Å². The second kappa shape index (κ2) is 10.3. The number of nitrogens with zero attached hydrogens (tertiary/aromatic N) is 2. The van der Waals surface area contributed by atoms with Crippen LogP contribution in [0.15, 0.2) is 52.3 Å². The molecule has 0 aliphatic rings. The number of nitrogens with one attached hydrogen (secondary N) is 1. The second-order valence-electron chi connectivity index (χ2n) is 7.82. The number of carbonyl (C=O) groups is 1. The highest BCUT2D eigenvalue weighted by atomic mass is 32.2. The Morgan fingerprint density at radius 1 is 1.06 bits per heavy atom. The number of methoxy groups -OCH3 is 2. The van der Waals surface area contributed by atoms with E-state index in [0.717, 1.165) is 9.87 Å². The predicted molar refractivity (Wildman–Crippen MR) is 130 cm³/mol. The minimum atomic E-state index is -3.73. The van der Waals surface area contributed by atoms with Crippen molar-refractivity contribution in [2.45, 2.75) is 24.8 Å². The molecular weight excluding hydrogens is 458 g/mol.